The molecule has 1 atom stereocenters. The molecule has 78 valence electrons. The van der Waals surface area contributed by atoms with Gasteiger partial charge in [0.15, 0.2) is 0 Å². The van der Waals surface area contributed by atoms with Crippen LogP contribution in [-0.4, -0.2) is 37.0 Å². The molecule has 1 aromatic heterocycles. The molecule has 0 radical (unpaired) electrons. The zero-order valence-corrected chi connectivity index (χ0v) is 7.85. The van der Waals surface area contributed by atoms with E-state index in [-0.39, 0.29) is 6.61 Å². The summed E-state index contributed by atoms with van der Waals surface area (Å²) >= 11 is 0. The van der Waals surface area contributed by atoms with E-state index < -0.39 is 6.10 Å². The zero-order chi connectivity index (χ0) is 10.7. The van der Waals surface area contributed by atoms with Crippen molar-refractivity contribution in [3.63, 3.8) is 0 Å². The Morgan fingerprint density at radius 1 is 1.27 bits per heavy atom. The summed E-state index contributed by atoms with van der Waals surface area (Å²) in [6.07, 6.45) is 0.644. The molecule has 0 aliphatic heterocycles. The Labute approximate surface area is 85.8 Å². The fraction of sp³-hybridized carbons (Fsp3) is 0.222. The quantitative estimate of drug-likeness (QED) is 0.719. The number of aliphatic hydroxyl groups is 2. The second-order valence-corrected chi connectivity index (χ2v) is 3.04. The number of aliphatic hydroxyl groups excluding tert-OH is 2. The van der Waals surface area contributed by atoms with Crippen molar-refractivity contribution in [2.75, 3.05) is 6.61 Å². The maximum atomic E-state index is 9.35. The summed E-state index contributed by atoms with van der Waals surface area (Å²) in [6.45, 7) is -0.287. The van der Waals surface area contributed by atoms with Crippen LogP contribution in [0.5, 0.6) is 0 Å². The zero-order valence-electron chi connectivity index (χ0n) is 7.85. The van der Waals surface area contributed by atoms with Crippen LogP contribution in [0.2, 0.25) is 0 Å². The average Bonchev–Trinajstić information content (AvgIpc) is 2.82. The first-order valence-corrected chi connectivity index (χ1v) is 4.43. The highest BCUT2D eigenvalue weighted by molar-refractivity contribution is 5.33. The number of nitrogens with zero attached hydrogens (tertiary/aromatic N) is 4. The summed E-state index contributed by atoms with van der Waals surface area (Å²) < 4.78 is 1.51. The van der Waals surface area contributed by atoms with Crippen LogP contribution in [-0.2, 0) is 0 Å². The number of benzene rings is 1. The van der Waals surface area contributed by atoms with E-state index in [0.29, 0.717) is 5.56 Å². The van der Waals surface area contributed by atoms with E-state index in [1.54, 1.807) is 24.3 Å². The standard InChI is InChI=1S/C9H10N4O2/c14-5-9(15)7-1-3-8(4-2-7)13-6-10-11-12-13/h1-4,6,9,14-15H,5H2. The van der Waals surface area contributed by atoms with Crippen LogP contribution in [0.15, 0.2) is 30.6 Å². The lowest BCUT2D eigenvalue weighted by molar-refractivity contribution is 0.0956. The van der Waals surface area contributed by atoms with Crippen LogP contribution in [0.3, 0.4) is 0 Å². The van der Waals surface area contributed by atoms with Gasteiger partial charge in [0.05, 0.1) is 12.3 Å². The fourth-order valence-electron chi connectivity index (χ4n) is 1.23. The van der Waals surface area contributed by atoms with Crippen LogP contribution in [0.4, 0.5) is 0 Å². The van der Waals surface area contributed by atoms with Crippen LogP contribution < -0.4 is 0 Å². The minimum absolute atomic E-state index is 0.287. The first kappa shape index (κ1) is 9.75. The van der Waals surface area contributed by atoms with Crippen molar-refractivity contribution in [3.8, 4) is 5.69 Å². The number of hydrogen-bond acceptors (Lipinski definition) is 5. The minimum Gasteiger partial charge on any atom is -0.393 e. The summed E-state index contributed by atoms with van der Waals surface area (Å²) in [5.74, 6) is 0. The predicted molar refractivity (Wildman–Crippen MR) is 51.2 cm³/mol. The molecular formula is C9H10N4O2. The van der Waals surface area contributed by atoms with Gasteiger partial charge in [0.25, 0.3) is 0 Å². The molecule has 0 saturated carbocycles. The van der Waals surface area contributed by atoms with Crippen LogP contribution in [0, 0.1) is 0 Å². The monoisotopic (exact) mass is 206 g/mol. The molecule has 0 fully saturated rings. The van der Waals surface area contributed by atoms with Crippen molar-refractivity contribution < 1.29 is 10.2 Å². The third-order valence-electron chi connectivity index (χ3n) is 2.06. The van der Waals surface area contributed by atoms with Crippen molar-refractivity contribution in [1.29, 1.82) is 0 Å². The van der Waals surface area contributed by atoms with Gasteiger partial charge in [-0.15, -0.1) is 5.10 Å². The van der Waals surface area contributed by atoms with Gasteiger partial charge in [-0.3, -0.25) is 0 Å². The molecule has 1 heterocycles. The lowest BCUT2D eigenvalue weighted by Crippen LogP contribution is -2.03. The van der Waals surface area contributed by atoms with E-state index >= 15 is 0 Å². The Morgan fingerprint density at radius 3 is 2.53 bits per heavy atom. The molecule has 0 saturated heterocycles. The molecule has 6 heteroatoms. The van der Waals surface area contributed by atoms with Crippen LogP contribution >= 0.6 is 0 Å². The molecule has 6 nitrogen and oxygen atoms in total. The van der Waals surface area contributed by atoms with E-state index in [1.807, 2.05) is 0 Å². The molecule has 2 rings (SSSR count). The third-order valence-corrected chi connectivity index (χ3v) is 2.06. The summed E-state index contributed by atoms with van der Waals surface area (Å²) in [4.78, 5) is 0. The topological polar surface area (TPSA) is 84.1 Å². The summed E-state index contributed by atoms with van der Waals surface area (Å²) in [6, 6.07) is 6.98. The average molecular weight is 206 g/mol. The molecular weight excluding hydrogens is 196 g/mol. The molecule has 0 aliphatic carbocycles. The van der Waals surface area contributed by atoms with Gasteiger partial charge in [-0.1, -0.05) is 12.1 Å². The molecule has 0 bridgehead atoms. The first-order valence-electron chi connectivity index (χ1n) is 4.43. The van der Waals surface area contributed by atoms with Gasteiger partial charge in [-0.25, -0.2) is 4.68 Å². The fourth-order valence-corrected chi connectivity index (χ4v) is 1.23. The number of tetrazole rings is 1. The Kier molecular flexibility index (Phi) is 2.70. The van der Waals surface area contributed by atoms with Crippen molar-refractivity contribution in [2.45, 2.75) is 6.10 Å². The summed E-state index contributed by atoms with van der Waals surface area (Å²) in [5.41, 5.74) is 1.46. The van der Waals surface area contributed by atoms with Crippen molar-refractivity contribution >= 4 is 0 Å². The molecule has 2 aromatic rings. The van der Waals surface area contributed by atoms with Gasteiger partial charge in [0.2, 0.25) is 0 Å². The Hall–Kier alpha value is -1.79. The van der Waals surface area contributed by atoms with Gasteiger partial charge < -0.3 is 10.2 Å². The SMILES string of the molecule is OCC(O)c1ccc(-n2cnnn2)cc1. The van der Waals surface area contributed by atoms with E-state index in [1.165, 1.54) is 11.0 Å². The Bertz CT molecular complexity index is 412. The van der Waals surface area contributed by atoms with Crippen molar-refractivity contribution in [2.24, 2.45) is 0 Å². The van der Waals surface area contributed by atoms with Crippen LogP contribution in [0.25, 0.3) is 5.69 Å². The number of hydrogen-bond donors (Lipinski definition) is 2. The van der Waals surface area contributed by atoms with Crippen molar-refractivity contribution in [3.05, 3.63) is 36.2 Å². The number of rotatable bonds is 3. The second kappa shape index (κ2) is 4.16. The largest absolute Gasteiger partial charge is 0.393 e. The van der Waals surface area contributed by atoms with Crippen molar-refractivity contribution in [1.82, 2.24) is 20.2 Å². The molecule has 0 amide bonds. The molecule has 0 aliphatic rings. The van der Waals surface area contributed by atoms with Gasteiger partial charge in [-0.2, -0.15) is 0 Å². The van der Waals surface area contributed by atoms with Gasteiger partial charge >= 0.3 is 0 Å². The van der Waals surface area contributed by atoms with E-state index in [4.69, 9.17) is 5.11 Å². The number of aromatic nitrogens is 4. The normalized spacial score (nSPS) is 12.7. The maximum Gasteiger partial charge on any atom is 0.143 e. The smallest absolute Gasteiger partial charge is 0.143 e. The molecule has 2 N–H and O–H groups in total. The highest BCUT2D eigenvalue weighted by Gasteiger charge is 2.05. The highest BCUT2D eigenvalue weighted by atomic mass is 16.3. The van der Waals surface area contributed by atoms with E-state index in [0.717, 1.165) is 5.69 Å². The summed E-state index contributed by atoms with van der Waals surface area (Å²) in [7, 11) is 0. The first-order chi connectivity index (χ1) is 7.31. The molecule has 15 heavy (non-hydrogen) atoms. The molecule has 1 unspecified atom stereocenters. The van der Waals surface area contributed by atoms with E-state index in [2.05, 4.69) is 15.5 Å². The van der Waals surface area contributed by atoms with E-state index in [9.17, 15) is 5.11 Å². The second-order valence-electron chi connectivity index (χ2n) is 3.04. The Balaban J connectivity index is 2.25. The predicted octanol–water partition coefficient (Wildman–Crippen LogP) is -0.312. The maximum absolute atomic E-state index is 9.35. The lowest BCUT2D eigenvalue weighted by atomic mass is 10.1. The van der Waals surface area contributed by atoms with Gasteiger partial charge in [0.1, 0.15) is 12.4 Å². The Morgan fingerprint density at radius 2 is 2.00 bits per heavy atom. The van der Waals surface area contributed by atoms with Gasteiger partial charge in [0, 0.05) is 0 Å². The molecule has 1 aromatic carbocycles. The third kappa shape index (κ3) is 2.00. The minimum atomic E-state index is -0.840. The van der Waals surface area contributed by atoms with Gasteiger partial charge in [-0.05, 0) is 28.1 Å². The van der Waals surface area contributed by atoms with Crippen LogP contribution in [0.1, 0.15) is 11.7 Å². The lowest BCUT2D eigenvalue weighted by Gasteiger charge is -2.07. The highest BCUT2D eigenvalue weighted by Crippen LogP contribution is 2.14. The molecule has 0 spiro atoms. The summed E-state index contributed by atoms with van der Waals surface area (Å²) in [5, 5.41) is 28.9.